The lowest BCUT2D eigenvalue weighted by atomic mass is 10.2. The second-order valence-electron chi connectivity index (χ2n) is 4.89. The van der Waals surface area contributed by atoms with Crippen molar-refractivity contribution in [2.45, 2.75) is 24.3 Å². The molecule has 0 aliphatic rings. The van der Waals surface area contributed by atoms with E-state index in [2.05, 4.69) is 15.0 Å². The van der Waals surface area contributed by atoms with Crippen LogP contribution in [0.1, 0.15) is 13.3 Å². The minimum absolute atomic E-state index is 0.123. The molecule has 2 N–H and O–H groups in total. The van der Waals surface area contributed by atoms with Crippen LogP contribution in [0.5, 0.6) is 0 Å². The van der Waals surface area contributed by atoms with Crippen LogP contribution < -0.4 is 10.0 Å². The Morgan fingerprint density at radius 3 is 2.54 bits per heavy atom. The summed E-state index contributed by atoms with van der Waals surface area (Å²) < 4.78 is 39.8. The Hall–Kier alpha value is -2.03. The largest absolute Gasteiger partial charge is 0.325 e. The van der Waals surface area contributed by atoms with E-state index in [1.165, 1.54) is 18.3 Å². The third kappa shape index (κ3) is 4.73. The van der Waals surface area contributed by atoms with Gasteiger partial charge in [-0.05, 0) is 42.8 Å². The summed E-state index contributed by atoms with van der Waals surface area (Å²) in [6.45, 7) is 1.66. The van der Waals surface area contributed by atoms with E-state index in [-0.39, 0.29) is 16.5 Å². The highest BCUT2D eigenvalue weighted by Gasteiger charge is 2.24. The third-order valence-corrected chi connectivity index (χ3v) is 4.83. The van der Waals surface area contributed by atoms with E-state index in [1.54, 1.807) is 6.92 Å². The third-order valence-electron chi connectivity index (χ3n) is 3.14. The number of carbonyl (C=O) groups excluding carboxylic acids is 1. The molecule has 0 aliphatic heterocycles. The highest BCUT2D eigenvalue weighted by atomic mass is 35.5. The van der Waals surface area contributed by atoms with Crippen molar-refractivity contribution in [2.24, 2.45) is 0 Å². The molecule has 1 unspecified atom stereocenters. The van der Waals surface area contributed by atoms with Gasteiger partial charge in [0.1, 0.15) is 17.0 Å². The van der Waals surface area contributed by atoms with E-state index in [9.17, 15) is 17.6 Å². The van der Waals surface area contributed by atoms with Crippen molar-refractivity contribution >= 4 is 33.2 Å². The van der Waals surface area contributed by atoms with Gasteiger partial charge in [-0.15, -0.1) is 0 Å². The Balaban J connectivity index is 2.13. The number of sulfonamides is 1. The van der Waals surface area contributed by atoms with Crippen molar-refractivity contribution in [3.05, 3.63) is 53.6 Å². The summed E-state index contributed by atoms with van der Waals surface area (Å²) >= 11 is 5.74. The van der Waals surface area contributed by atoms with Crippen molar-refractivity contribution in [1.82, 2.24) is 9.71 Å². The van der Waals surface area contributed by atoms with Crippen molar-refractivity contribution in [3.63, 3.8) is 0 Å². The van der Waals surface area contributed by atoms with Crippen molar-refractivity contribution in [3.8, 4) is 0 Å². The number of nitrogens with one attached hydrogen (secondary N) is 2. The number of halogens is 2. The molecule has 0 saturated carbocycles. The van der Waals surface area contributed by atoms with Crippen molar-refractivity contribution < 1.29 is 17.6 Å². The Morgan fingerprint density at radius 2 is 1.96 bits per heavy atom. The van der Waals surface area contributed by atoms with Crippen LogP contribution in [0.25, 0.3) is 0 Å². The number of rotatable bonds is 6. The molecule has 1 atom stereocenters. The summed E-state index contributed by atoms with van der Waals surface area (Å²) in [7, 11) is -3.95. The second-order valence-corrected chi connectivity index (χ2v) is 6.99. The molecule has 128 valence electrons. The first-order valence-electron chi connectivity index (χ1n) is 7.02. The standard InChI is InChI=1S/C15H15ClFN3O3S/c1-2-13(15(21)19-11-7-8-18-14(16)9-11)20-24(22,23)12-5-3-10(17)4-6-12/h3-9,13,20H,2H2,1H3,(H,18,19,21). The quantitative estimate of drug-likeness (QED) is 0.764. The molecule has 1 aromatic heterocycles. The van der Waals surface area contributed by atoms with Gasteiger partial charge in [0.05, 0.1) is 4.90 Å². The zero-order valence-corrected chi connectivity index (χ0v) is 14.2. The lowest BCUT2D eigenvalue weighted by Crippen LogP contribution is -2.43. The molecule has 1 amide bonds. The average molecular weight is 372 g/mol. The molecule has 0 aliphatic carbocycles. The Labute approximate surface area is 144 Å². The number of nitrogens with zero attached hydrogens (tertiary/aromatic N) is 1. The molecule has 2 rings (SSSR count). The Kier molecular flexibility index (Phi) is 5.87. The predicted octanol–water partition coefficient (Wildman–Crippen LogP) is 2.57. The number of hydrogen-bond acceptors (Lipinski definition) is 4. The van der Waals surface area contributed by atoms with E-state index < -0.39 is 27.8 Å². The molecular formula is C15H15ClFN3O3S. The SMILES string of the molecule is CCC(NS(=O)(=O)c1ccc(F)cc1)C(=O)Nc1ccnc(Cl)c1. The lowest BCUT2D eigenvalue weighted by molar-refractivity contribution is -0.117. The zero-order chi connectivity index (χ0) is 17.7. The van der Waals surface area contributed by atoms with Gasteiger partial charge in [-0.1, -0.05) is 18.5 Å². The van der Waals surface area contributed by atoms with Crippen LogP contribution >= 0.6 is 11.6 Å². The molecular weight excluding hydrogens is 357 g/mol. The zero-order valence-electron chi connectivity index (χ0n) is 12.7. The molecule has 9 heteroatoms. The summed E-state index contributed by atoms with van der Waals surface area (Å²) in [5.41, 5.74) is 0.402. The van der Waals surface area contributed by atoms with E-state index in [4.69, 9.17) is 11.6 Å². The van der Waals surface area contributed by atoms with Gasteiger partial charge in [-0.2, -0.15) is 4.72 Å². The molecule has 0 saturated heterocycles. The van der Waals surface area contributed by atoms with Crippen LogP contribution in [-0.4, -0.2) is 25.4 Å². The van der Waals surface area contributed by atoms with Gasteiger partial charge >= 0.3 is 0 Å². The second kappa shape index (κ2) is 7.69. The van der Waals surface area contributed by atoms with E-state index in [1.807, 2.05) is 0 Å². The topological polar surface area (TPSA) is 88.2 Å². The number of hydrogen-bond donors (Lipinski definition) is 2. The van der Waals surface area contributed by atoms with Crippen molar-refractivity contribution in [2.75, 3.05) is 5.32 Å². The van der Waals surface area contributed by atoms with Gasteiger partial charge < -0.3 is 5.32 Å². The summed E-state index contributed by atoms with van der Waals surface area (Å²) in [5, 5.41) is 2.77. The van der Waals surface area contributed by atoms with Crippen LogP contribution in [0.3, 0.4) is 0 Å². The van der Waals surface area contributed by atoms with Gasteiger partial charge in [0.15, 0.2) is 0 Å². The molecule has 0 spiro atoms. The first-order chi connectivity index (χ1) is 11.3. The molecule has 0 bridgehead atoms. The number of benzene rings is 1. The molecule has 0 radical (unpaired) electrons. The number of amides is 1. The van der Waals surface area contributed by atoms with Crippen LogP contribution in [0.2, 0.25) is 5.15 Å². The van der Waals surface area contributed by atoms with Crippen molar-refractivity contribution in [1.29, 1.82) is 0 Å². The highest BCUT2D eigenvalue weighted by Crippen LogP contribution is 2.14. The summed E-state index contributed by atoms with van der Waals surface area (Å²) in [6, 6.07) is 6.32. The highest BCUT2D eigenvalue weighted by molar-refractivity contribution is 7.89. The van der Waals surface area contributed by atoms with Gasteiger partial charge in [0.2, 0.25) is 15.9 Å². The molecule has 0 fully saturated rings. The molecule has 2 aromatic rings. The maximum atomic E-state index is 12.9. The van der Waals surface area contributed by atoms with Gasteiger partial charge in [0, 0.05) is 11.9 Å². The van der Waals surface area contributed by atoms with Crippen LogP contribution in [0.4, 0.5) is 10.1 Å². The smallest absolute Gasteiger partial charge is 0.242 e. The number of carbonyl (C=O) groups is 1. The average Bonchev–Trinajstić information content (AvgIpc) is 2.53. The number of aromatic nitrogens is 1. The van der Waals surface area contributed by atoms with Crippen LogP contribution in [-0.2, 0) is 14.8 Å². The maximum absolute atomic E-state index is 12.9. The minimum atomic E-state index is -3.95. The maximum Gasteiger partial charge on any atom is 0.242 e. The van der Waals surface area contributed by atoms with E-state index in [0.29, 0.717) is 5.69 Å². The fourth-order valence-electron chi connectivity index (χ4n) is 1.90. The summed E-state index contributed by atoms with van der Waals surface area (Å²) in [4.78, 5) is 15.9. The van der Waals surface area contributed by atoms with Gasteiger partial charge in [-0.3, -0.25) is 4.79 Å². The Bertz CT molecular complexity index is 828. The first-order valence-corrected chi connectivity index (χ1v) is 8.88. The van der Waals surface area contributed by atoms with Gasteiger partial charge in [0.25, 0.3) is 0 Å². The Morgan fingerprint density at radius 1 is 1.29 bits per heavy atom. The monoisotopic (exact) mass is 371 g/mol. The fraction of sp³-hybridized carbons (Fsp3) is 0.200. The number of pyridine rings is 1. The number of anilines is 1. The first kappa shape index (κ1) is 18.3. The molecule has 1 heterocycles. The lowest BCUT2D eigenvalue weighted by Gasteiger charge is -2.17. The molecule has 24 heavy (non-hydrogen) atoms. The van der Waals surface area contributed by atoms with Crippen LogP contribution in [0, 0.1) is 5.82 Å². The molecule has 6 nitrogen and oxygen atoms in total. The summed E-state index contributed by atoms with van der Waals surface area (Å²) in [6.07, 6.45) is 1.65. The molecule has 1 aromatic carbocycles. The predicted molar refractivity (Wildman–Crippen MR) is 88.7 cm³/mol. The van der Waals surface area contributed by atoms with E-state index >= 15 is 0 Å². The van der Waals surface area contributed by atoms with E-state index in [0.717, 1.165) is 24.3 Å². The normalized spacial score (nSPS) is 12.6. The van der Waals surface area contributed by atoms with Gasteiger partial charge in [-0.25, -0.2) is 17.8 Å². The minimum Gasteiger partial charge on any atom is -0.325 e. The van der Waals surface area contributed by atoms with Crippen LogP contribution in [0.15, 0.2) is 47.5 Å². The summed E-state index contributed by atoms with van der Waals surface area (Å²) in [5.74, 6) is -1.08. The fourth-order valence-corrected chi connectivity index (χ4v) is 3.35.